The second kappa shape index (κ2) is 5.32. The third-order valence-electron chi connectivity index (χ3n) is 3.42. The maximum absolute atomic E-state index is 10.3. The molecular weight excluding hydrogens is 222 g/mol. The molecule has 2 nitrogen and oxygen atoms in total. The predicted octanol–water partition coefficient (Wildman–Crippen LogP) is 3.28. The minimum atomic E-state index is -0.463. The number of benzene rings is 1. The quantitative estimate of drug-likeness (QED) is 0.894. The Hall–Kier alpha value is -1.67. The average Bonchev–Trinajstić information content (AvgIpc) is 2.34. The van der Waals surface area contributed by atoms with Gasteiger partial charge in [-0.2, -0.15) is 0 Å². The fourth-order valence-corrected chi connectivity index (χ4v) is 2.12. The summed E-state index contributed by atoms with van der Waals surface area (Å²) in [5.74, 6) is 0. The van der Waals surface area contributed by atoms with Gasteiger partial charge >= 0.3 is 0 Å². The smallest absolute Gasteiger partial charge is 0.0834 e. The van der Waals surface area contributed by atoms with Gasteiger partial charge in [0, 0.05) is 18.8 Å². The van der Waals surface area contributed by atoms with Crippen LogP contribution in [0.1, 0.15) is 33.9 Å². The zero-order valence-electron chi connectivity index (χ0n) is 11.1. The summed E-state index contributed by atoms with van der Waals surface area (Å²) in [4.78, 5) is 4.05. The van der Waals surface area contributed by atoms with Crippen molar-refractivity contribution in [3.63, 3.8) is 0 Å². The van der Waals surface area contributed by atoms with Crippen LogP contribution in [0.2, 0.25) is 0 Å². The van der Waals surface area contributed by atoms with E-state index in [2.05, 4.69) is 37.0 Å². The van der Waals surface area contributed by atoms with Crippen LogP contribution < -0.4 is 0 Å². The first-order valence-electron chi connectivity index (χ1n) is 6.22. The molecule has 1 heterocycles. The third kappa shape index (κ3) is 2.77. The fourth-order valence-electron chi connectivity index (χ4n) is 2.12. The van der Waals surface area contributed by atoms with Gasteiger partial charge in [0.25, 0.3) is 0 Å². The first-order chi connectivity index (χ1) is 8.58. The van der Waals surface area contributed by atoms with Crippen molar-refractivity contribution >= 4 is 0 Å². The maximum Gasteiger partial charge on any atom is 0.0834 e. The number of aliphatic hydroxyl groups excluding tert-OH is 1. The zero-order chi connectivity index (χ0) is 13.1. The Morgan fingerprint density at radius 2 is 1.83 bits per heavy atom. The molecule has 2 aromatic rings. The highest BCUT2D eigenvalue weighted by Crippen LogP contribution is 2.21. The van der Waals surface area contributed by atoms with E-state index in [1.807, 2.05) is 13.0 Å². The number of aryl methyl sites for hydroxylation is 3. The van der Waals surface area contributed by atoms with E-state index in [0.717, 1.165) is 11.1 Å². The van der Waals surface area contributed by atoms with Crippen molar-refractivity contribution in [1.29, 1.82) is 0 Å². The van der Waals surface area contributed by atoms with Crippen LogP contribution in [0.4, 0.5) is 0 Å². The van der Waals surface area contributed by atoms with E-state index in [1.165, 1.54) is 16.7 Å². The topological polar surface area (TPSA) is 33.1 Å². The number of aromatic nitrogens is 1. The van der Waals surface area contributed by atoms with Gasteiger partial charge in [-0.1, -0.05) is 18.2 Å². The minimum absolute atomic E-state index is 0.463. The molecule has 94 valence electrons. The predicted molar refractivity (Wildman–Crippen MR) is 73.6 cm³/mol. The van der Waals surface area contributed by atoms with Gasteiger partial charge in [0.05, 0.1) is 6.10 Å². The van der Waals surface area contributed by atoms with E-state index < -0.39 is 6.10 Å². The summed E-state index contributed by atoms with van der Waals surface area (Å²) in [6.45, 7) is 6.18. The summed E-state index contributed by atoms with van der Waals surface area (Å²) >= 11 is 0. The van der Waals surface area contributed by atoms with Crippen molar-refractivity contribution in [3.05, 3.63) is 64.5 Å². The monoisotopic (exact) mass is 241 g/mol. The van der Waals surface area contributed by atoms with E-state index in [9.17, 15) is 5.11 Å². The van der Waals surface area contributed by atoms with Crippen molar-refractivity contribution < 1.29 is 5.11 Å². The molecule has 1 unspecified atom stereocenters. The third-order valence-corrected chi connectivity index (χ3v) is 3.42. The molecular formula is C16H19NO. The van der Waals surface area contributed by atoms with Gasteiger partial charge in [-0.25, -0.2) is 0 Å². The molecule has 0 saturated carbocycles. The van der Waals surface area contributed by atoms with Gasteiger partial charge in [-0.05, 0) is 54.7 Å². The van der Waals surface area contributed by atoms with Crippen molar-refractivity contribution in [2.24, 2.45) is 0 Å². The van der Waals surface area contributed by atoms with E-state index in [0.29, 0.717) is 6.42 Å². The lowest BCUT2D eigenvalue weighted by Crippen LogP contribution is -2.04. The Labute approximate surface area is 108 Å². The summed E-state index contributed by atoms with van der Waals surface area (Å²) in [5, 5.41) is 10.3. The van der Waals surface area contributed by atoms with Crippen molar-refractivity contribution in [2.75, 3.05) is 0 Å². The van der Waals surface area contributed by atoms with Gasteiger partial charge in [-0.3, -0.25) is 4.98 Å². The largest absolute Gasteiger partial charge is 0.388 e. The molecule has 0 spiro atoms. The lowest BCUT2D eigenvalue weighted by molar-refractivity contribution is 0.177. The first-order valence-corrected chi connectivity index (χ1v) is 6.22. The van der Waals surface area contributed by atoms with E-state index in [-0.39, 0.29) is 0 Å². The summed E-state index contributed by atoms with van der Waals surface area (Å²) in [5.41, 5.74) is 5.72. The Balaban J connectivity index is 2.19. The Bertz CT molecular complexity index is 549. The molecule has 1 aromatic heterocycles. The number of aliphatic hydroxyl groups is 1. The molecule has 0 saturated heterocycles. The second-order valence-electron chi connectivity index (χ2n) is 4.87. The highest BCUT2D eigenvalue weighted by molar-refractivity contribution is 5.32. The van der Waals surface area contributed by atoms with Crippen LogP contribution >= 0.6 is 0 Å². The summed E-state index contributed by atoms with van der Waals surface area (Å²) in [6, 6.07) is 8.23. The first kappa shape index (κ1) is 12.8. The molecule has 0 bridgehead atoms. The van der Waals surface area contributed by atoms with Crippen LogP contribution in [-0.2, 0) is 6.42 Å². The summed E-state index contributed by atoms with van der Waals surface area (Å²) in [7, 11) is 0. The molecule has 2 rings (SSSR count). The maximum atomic E-state index is 10.3. The standard InChI is InChI=1S/C16H19NO/c1-11-4-5-14(8-12(11)2)9-16(18)15-6-7-17-10-13(15)3/h4-8,10,16,18H,9H2,1-3H3. The van der Waals surface area contributed by atoms with Crippen LogP contribution in [0.3, 0.4) is 0 Å². The highest BCUT2D eigenvalue weighted by atomic mass is 16.3. The van der Waals surface area contributed by atoms with E-state index >= 15 is 0 Å². The molecule has 1 aromatic carbocycles. The Morgan fingerprint density at radius 1 is 1.06 bits per heavy atom. The van der Waals surface area contributed by atoms with Gasteiger partial charge in [0.2, 0.25) is 0 Å². The normalized spacial score (nSPS) is 12.4. The van der Waals surface area contributed by atoms with Gasteiger partial charge in [0.15, 0.2) is 0 Å². The average molecular weight is 241 g/mol. The summed E-state index contributed by atoms with van der Waals surface area (Å²) < 4.78 is 0. The Morgan fingerprint density at radius 3 is 2.50 bits per heavy atom. The highest BCUT2D eigenvalue weighted by Gasteiger charge is 2.11. The van der Waals surface area contributed by atoms with Crippen LogP contribution in [0.15, 0.2) is 36.7 Å². The van der Waals surface area contributed by atoms with Crippen LogP contribution in [0.5, 0.6) is 0 Å². The molecule has 0 radical (unpaired) electrons. The molecule has 0 aliphatic heterocycles. The number of hydrogen-bond donors (Lipinski definition) is 1. The van der Waals surface area contributed by atoms with E-state index in [4.69, 9.17) is 0 Å². The molecule has 2 heteroatoms. The molecule has 0 fully saturated rings. The Kier molecular flexibility index (Phi) is 3.78. The van der Waals surface area contributed by atoms with Gasteiger partial charge < -0.3 is 5.11 Å². The van der Waals surface area contributed by atoms with Gasteiger partial charge in [0.1, 0.15) is 0 Å². The van der Waals surface area contributed by atoms with Gasteiger partial charge in [-0.15, -0.1) is 0 Å². The molecule has 0 aliphatic rings. The molecule has 1 N–H and O–H groups in total. The lowest BCUT2D eigenvalue weighted by atomic mass is 9.97. The molecule has 1 atom stereocenters. The van der Waals surface area contributed by atoms with E-state index in [1.54, 1.807) is 12.4 Å². The SMILES string of the molecule is Cc1ccc(CC(O)c2ccncc2C)cc1C. The number of pyridine rings is 1. The molecule has 0 aliphatic carbocycles. The molecule has 18 heavy (non-hydrogen) atoms. The number of rotatable bonds is 3. The number of hydrogen-bond acceptors (Lipinski definition) is 2. The second-order valence-corrected chi connectivity index (χ2v) is 4.87. The zero-order valence-corrected chi connectivity index (χ0v) is 11.1. The fraction of sp³-hybridized carbons (Fsp3) is 0.312. The lowest BCUT2D eigenvalue weighted by Gasteiger charge is -2.14. The minimum Gasteiger partial charge on any atom is -0.388 e. The van der Waals surface area contributed by atoms with Crippen molar-refractivity contribution in [2.45, 2.75) is 33.3 Å². The number of nitrogens with zero attached hydrogens (tertiary/aromatic N) is 1. The summed E-state index contributed by atoms with van der Waals surface area (Å²) in [6.07, 6.45) is 3.70. The van der Waals surface area contributed by atoms with Crippen LogP contribution in [0.25, 0.3) is 0 Å². The van der Waals surface area contributed by atoms with Crippen LogP contribution in [-0.4, -0.2) is 10.1 Å². The van der Waals surface area contributed by atoms with Crippen LogP contribution in [0, 0.1) is 20.8 Å². The van der Waals surface area contributed by atoms with Crippen molar-refractivity contribution in [3.8, 4) is 0 Å². The van der Waals surface area contributed by atoms with Crippen molar-refractivity contribution in [1.82, 2.24) is 4.98 Å². The molecule has 0 amide bonds.